The first-order valence-corrected chi connectivity index (χ1v) is 5.81. The minimum absolute atomic E-state index is 0.0385. The highest BCUT2D eigenvalue weighted by Gasteiger charge is 2.15. The van der Waals surface area contributed by atoms with E-state index in [1.54, 1.807) is 13.0 Å². The van der Waals surface area contributed by atoms with Crippen LogP contribution in [0.3, 0.4) is 0 Å². The minimum Gasteiger partial charge on any atom is -0.334 e. The van der Waals surface area contributed by atoms with Gasteiger partial charge in [0.25, 0.3) is 11.6 Å². The Kier molecular flexibility index (Phi) is 3.57. The van der Waals surface area contributed by atoms with Crippen LogP contribution in [0.25, 0.3) is 11.5 Å². The molecule has 1 unspecified atom stereocenters. The third-order valence-corrected chi connectivity index (χ3v) is 2.62. The molecule has 1 atom stereocenters. The van der Waals surface area contributed by atoms with Crippen molar-refractivity contribution in [1.82, 2.24) is 10.1 Å². The van der Waals surface area contributed by atoms with Crippen LogP contribution in [-0.2, 0) is 6.42 Å². The number of rotatable bonds is 4. The van der Waals surface area contributed by atoms with Gasteiger partial charge in [-0.05, 0) is 25.5 Å². The molecule has 0 bridgehead atoms. The first-order chi connectivity index (χ1) is 8.97. The fourth-order valence-corrected chi connectivity index (χ4v) is 1.74. The van der Waals surface area contributed by atoms with Gasteiger partial charge in [0, 0.05) is 30.2 Å². The van der Waals surface area contributed by atoms with Gasteiger partial charge in [-0.15, -0.1) is 0 Å². The SMILES string of the molecule is Cc1cc([N+](=O)[O-])ccc1-c1nc(CC(C)N)no1. The van der Waals surface area contributed by atoms with Crippen LogP contribution in [0.4, 0.5) is 5.69 Å². The Morgan fingerprint density at radius 2 is 2.26 bits per heavy atom. The lowest BCUT2D eigenvalue weighted by Gasteiger charge is -2.00. The van der Waals surface area contributed by atoms with Gasteiger partial charge in [-0.3, -0.25) is 10.1 Å². The summed E-state index contributed by atoms with van der Waals surface area (Å²) in [5.74, 6) is 0.880. The Morgan fingerprint density at radius 1 is 1.53 bits per heavy atom. The van der Waals surface area contributed by atoms with E-state index in [0.29, 0.717) is 29.3 Å². The van der Waals surface area contributed by atoms with Gasteiger partial charge in [0.15, 0.2) is 5.82 Å². The van der Waals surface area contributed by atoms with E-state index >= 15 is 0 Å². The first kappa shape index (κ1) is 13.2. The molecule has 19 heavy (non-hydrogen) atoms. The van der Waals surface area contributed by atoms with Crippen LogP contribution in [0.1, 0.15) is 18.3 Å². The molecule has 2 N–H and O–H groups in total. The average molecular weight is 262 g/mol. The van der Waals surface area contributed by atoms with E-state index in [9.17, 15) is 10.1 Å². The molecule has 0 saturated heterocycles. The summed E-state index contributed by atoms with van der Waals surface area (Å²) in [5.41, 5.74) is 7.10. The number of nitrogens with two attached hydrogens (primary N) is 1. The second-order valence-corrected chi connectivity index (χ2v) is 4.45. The largest absolute Gasteiger partial charge is 0.334 e. The molecule has 100 valence electrons. The molecule has 0 radical (unpaired) electrons. The maximum absolute atomic E-state index is 10.7. The van der Waals surface area contributed by atoms with Crippen LogP contribution >= 0.6 is 0 Å². The fraction of sp³-hybridized carbons (Fsp3) is 0.333. The highest BCUT2D eigenvalue weighted by molar-refractivity contribution is 5.60. The molecule has 0 amide bonds. The highest BCUT2D eigenvalue weighted by atomic mass is 16.6. The molecule has 0 spiro atoms. The number of nitro groups is 1. The van der Waals surface area contributed by atoms with Crippen LogP contribution in [0, 0.1) is 17.0 Å². The van der Waals surface area contributed by atoms with Crippen LogP contribution in [0.15, 0.2) is 22.7 Å². The van der Waals surface area contributed by atoms with E-state index in [2.05, 4.69) is 10.1 Å². The molecule has 2 aromatic rings. The number of aryl methyl sites for hydroxylation is 1. The van der Waals surface area contributed by atoms with Crippen molar-refractivity contribution in [2.75, 3.05) is 0 Å². The van der Waals surface area contributed by atoms with Crippen molar-refractivity contribution in [2.45, 2.75) is 26.3 Å². The summed E-state index contributed by atoms with van der Waals surface area (Å²) in [5, 5.41) is 14.5. The third kappa shape index (κ3) is 2.94. The van der Waals surface area contributed by atoms with E-state index in [0.717, 1.165) is 0 Å². The average Bonchev–Trinajstić information content (AvgIpc) is 2.76. The Morgan fingerprint density at radius 3 is 2.84 bits per heavy atom. The number of hydrogen-bond acceptors (Lipinski definition) is 6. The number of hydrogen-bond donors (Lipinski definition) is 1. The van der Waals surface area contributed by atoms with Gasteiger partial charge in [0.2, 0.25) is 0 Å². The predicted octanol–water partition coefficient (Wildman–Crippen LogP) is 1.84. The zero-order chi connectivity index (χ0) is 14.0. The zero-order valence-corrected chi connectivity index (χ0v) is 10.7. The Labute approximate surface area is 109 Å². The minimum atomic E-state index is -0.438. The van der Waals surface area contributed by atoms with Crippen molar-refractivity contribution < 1.29 is 9.45 Å². The number of nitro benzene ring substituents is 1. The molecule has 0 saturated carbocycles. The highest BCUT2D eigenvalue weighted by Crippen LogP contribution is 2.25. The standard InChI is InChI=1S/C12H14N4O3/c1-7-5-9(16(17)18)3-4-10(7)12-14-11(15-19-12)6-8(2)13/h3-5,8H,6,13H2,1-2H3. The molecule has 2 rings (SSSR count). The zero-order valence-electron chi connectivity index (χ0n) is 10.7. The van der Waals surface area contributed by atoms with E-state index in [1.807, 2.05) is 6.92 Å². The maximum atomic E-state index is 10.7. The van der Waals surface area contributed by atoms with Crippen molar-refractivity contribution in [3.8, 4) is 11.5 Å². The number of benzene rings is 1. The Hall–Kier alpha value is -2.28. The first-order valence-electron chi connectivity index (χ1n) is 5.81. The Bertz CT molecular complexity index is 607. The normalized spacial score (nSPS) is 12.4. The van der Waals surface area contributed by atoms with Crippen LogP contribution in [-0.4, -0.2) is 21.1 Å². The quantitative estimate of drug-likeness (QED) is 0.665. The molecule has 0 aliphatic rings. The van der Waals surface area contributed by atoms with Gasteiger partial charge < -0.3 is 10.3 Å². The molecule has 1 heterocycles. The summed E-state index contributed by atoms with van der Waals surface area (Å²) < 4.78 is 5.15. The van der Waals surface area contributed by atoms with Crippen molar-refractivity contribution >= 4 is 5.69 Å². The van der Waals surface area contributed by atoms with Gasteiger partial charge >= 0.3 is 0 Å². The van der Waals surface area contributed by atoms with E-state index < -0.39 is 4.92 Å². The maximum Gasteiger partial charge on any atom is 0.269 e. The summed E-state index contributed by atoms with van der Waals surface area (Å²) >= 11 is 0. The second kappa shape index (κ2) is 5.15. The van der Waals surface area contributed by atoms with Gasteiger partial charge in [-0.2, -0.15) is 4.98 Å². The Balaban J connectivity index is 2.31. The van der Waals surface area contributed by atoms with Crippen molar-refractivity contribution in [3.63, 3.8) is 0 Å². The molecule has 1 aromatic heterocycles. The second-order valence-electron chi connectivity index (χ2n) is 4.45. The van der Waals surface area contributed by atoms with Gasteiger partial charge in [-0.25, -0.2) is 0 Å². The lowest BCUT2D eigenvalue weighted by atomic mass is 10.1. The van der Waals surface area contributed by atoms with Crippen molar-refractivity contribution in [1.29, 1.82) is 0 Å². The molecule has 7 nitrogen and oxygen atoms in total. The third-order valence-electron chi connectivity index (χ3n) is 2.62. The van der Waals surface area contributed by atoms with Crippen LogP contribution in [0.2, 0.25) is 0 Å². The topological polar surface area (TPSA) is 108 Å². The number of non-ortho nitro benzene ring substituents is 1. The van der Waals surface area contributed by atoms with E-state index in [4.69, 9.17) is 10.3 Å². The van der Waals surface area contributed by atoms with Crippen LogP contribution in [0.5, 0.6) is 0 Å². The van der Waals surface area contributed by atoms with Crippen molar-refractivity contribution in [2.24, 2.45) is 5.73 Å². The van der Waals surface area contributed by atoms with E-state index in [1.165, 1.54) is 12.1 Å². The summed E-state index contributed by atoms with van der Waals surface area (Å²) in [6.07, 6.45) is 0.523. The monoisotopic (exact) mass is 262 g/mol. The lowest BCUT2D eigenvalue weighted by molar-refractivity contribution is -0.384. The number of aromatic nitrogens is 2. The van der Waals surface area contributed by atoms with Crippen molar-refractivity contribution in [3.05, 3.63) is 39.7 Å². The van der Waals surface area contributed by atoms with E-state index in [-0.39, 0.29) is 11.7 Å². The molecule has 7 heteroatoms. The van der Waals surface area contributed by atoms with Gasteiger partial charge in [0.1, 0.15) is 0 Å². The lowest BCUT2D eigenvalue weighted by Crippen LogP contribution is -2.18. The summed E-state index contributed by atoms with van der Waals surface area (Å²) in [7, 11) is 0. The molecule has 0 fully saturated rings. The van der Waals surface area contributed by atoms with Gasteiger partial charge in [0.05, 0.1) is 4.92 Å². The number of nitrogens with zero attached hydrogens (tertiary/aromatic N) is 3. The summed E-state index contributed by atoms with van der Waals surface area (Å²) in [4.78, 5) is 14.5. The predicted molar refractivity (Wildman–Crippen MR) is 68.5 cm³/mol. The molecular weight excluding hydrogens is 248 g/mol. The molecule has 1 aromatic carbocycles. The van der Waals surface area contributed by atoms with Gasteiger partial charge in [-0.1, -0.05) is 5.16 Å². The summed E-state index contributed by atoms with van der Waals surface area (Å²) in [6, 6.07) is 4.45. The molecule has 0 aliphatic heterocycles. The molecule has 0 aliphatic carbocycles. The fourth-order valence-electron chi connectivity index (χ4n) is 1.74. The summed E-state index contributed by atoms with van der Waals surface area (Å²) in [6.45, 7) is 3.62. The van der Waals surface area contributed by atoms with Crippen LogP contribution < -0.4 is 5.73 Å². The smallest absolute Gasteiger partial charge is 0.269 e. The molecular formula is C12H14N4O3.